The molecule has 0 spiro atoms. The zero-order chi connectivity index (χ0) is 23.3. The van der Waals surface area contributed by atoms with Crippen molar-refractivity contribution in [3.63, 3.8) is 0 Å². The van der Waals surface area contributed by atoms with Crippen LogP contribution in [0.5, 0.6) is 0 Å². The van der Waals surface area contributed by atoms with Gasteiger partial charge in [-0.25, -0.2) is 4.98 Å². The second kappa shape index (κ2) is 8.16. The van der Waals surface area contributed by atoms with Gasteiger partial charge in [-0.05, 0) is 50.3 Å². The van der Waals surface area contributed by atoms with Crippen LogP contribution in [0.1, 0.15) is 75.7 Å². The number of hydrogen-bond acceptors (Lipinski definition) is 4. The Bertz CT molecular complexity index is 1110. The van der Waals surface area contributed by atoms with Gasteiger partial charge in [-0.3, -0.25) is 9.59 Å². The van der Waals surface area contributed by atoms with E-state index in [9.17, 15) is 22.8 Å². The topological polar surface area (TPSA) is 76.5 Å². The standard InChI is InChI=1S/C23H25F3N4O3/c1-13-3-2-8-29(13)22(32)18-11-15(19-12-33-10-9-30(18)19)21(31)28-17-6-5-16-14(17)4-7-20(27-16)23(24,25)26/h4,7,11,13,17H,2-3,5-6,8-10,12H2,1H3,(H,28,31)/t13-,17+/m0/s1. The molecule has 0 unspecified atom stereocenters. The van der Waals surface area contributed by atoms with Crippen LogP contribution in [0.4, 0.5) is 13.2 Å². The number of nitrogens with zero attached hydrogens (tertiary/aromatic N) is 3. The number of pyridine rings is 1. The van der Waals surface area contributed by atoms with Crippen molar-refractivity contribution in [2.45, 2.75) is 64.0 Å². The molecule has 2 aliphatic heterocycles. The Morgan fingerprint density at radius 1 is 1.21 bits per heavy atom. The van der Waals surface area contributed by atoms with Gasteiger partial charge < -0.3 is 19.5 Å². The first-order chi connectivity index (χ1) is 15.7. The SMILES string of the molecule is C[C@H]1CCCN1C(=O)c1cc(C(=O)N[C@@H]2CCc3nc(C(F)(F)F)ccc32)c2n1CCOC2. The van der Waals surface area contributed by atoms with Crippen molar-refractivity contribution in [1.29, 1.82) is 0 Å². The number of rotatable bonds is 3. The molecule has 1 fully saturated rings. The number of fused-ring (bicyclic) bond motifs is 2. The zero-order valence-corrected chi connectivity index (χ0v) is 18.2. The molecule has 0 radical (unpaired) electrons. The van der Waals surface area contributed by atoms with Gasteiger partial charge in [0.25, 0.3) is 11.8 Å². The Kier molecular flexibility index (Phi) is 5.43. The number of carbonyl (C=O) groups excluding carboxylic acids is 2. The van der Waals surface area contributed by atoms with E-state index in [1.54, 1.807) is 6.07 Å². The maximum absolute atomic E-state index is 13.2. The lowest BCUT2D eigenvalue weighted by molar-refractivity contribution is -0.141. The van der Waals surface area contributed by atoms with Gasteiger partial charge in [-0.2, -0.15) is 13.2 Å². The molecule has 176 valence electrons. The van der Waals surface area contributed by atoms with Crippen LogP contribution in [0, 0.1) is 0 Å². The fourth-order valence-corrected chi connectivity index (χ4v) is 5.09. The highest BCUT2D eigenvalue weighted by atomic mass is 19.4. The monoisotopic (exact) mass is 462 g/mol. The van der Waals surface area contributed by atoms with Crippen LogP contribution in [-0.2, 0) is 30.5 Å². The number of likely N-dealkylation sites (tertiary alicyclic amines) is 1. The van der Waals surface area contributed by atoms with Crippen LogP contribution in [0.3, 0.4) is 0 Å². The summed E-state index contributed by atoms with van der Waals surface area (Å²) in [6.07, 6.45) is -1.75. The normalized spacial score (nSPS) is 22.2. The molecule has 3 aliphatic rings. The molecule has 0 aromatic carbocycles. The van der Waals surface area contributed by atoms with Crippen molar-refractivity contribution in [3.05, 3.63) is 52.1 Å². The lowest BCUT2D eigenvalue weighted by Crippen LogP contribution is -2.35. The summed E-state index contributed by atoms with van der Waals surface area (Å²) in [6, 6.07) is 3.70. The fourth-order valence-electron chi connectivity index (χ4n) is 5.09. The van der Waals surface area contributed by atoms with Crippen LogP contribution in [0.15, 0.2) is 18.2 Å². The Balaban J connectivity index is 1.40. The molecule has 2 amide bonds. The lowest BCUT2D eigenvalue weighted by atomic mass is 10.1. The molecule has 2 aromatic heterocycles. The molecule has 2 aromatic rings. The maximum Gasteiger partial charge on any atom is 0.433 e. The van der Waals surface area contributed by atoms with E-state index in [4.69, 9.17) is 4.74 Å². The van der Waals surface area contributed by atoms with Gasteiger partial charge in [0, 0.05) is 24.8 Å². The summed E-state index contributed by atoms with van der Waals surface area (Å²) in [6.45, 7) is 3.90. The number of hydrogen-bond donors (Lipinski definition) is 1. The van der Waals surface area contributed by atoms with Crippen molar-refractivity contribution in [1.82, 2.24) is 19.8 Å². The average molecular weight is 462 g/mol. The molecule has 1 N–H and O–H groups in total. The molecule has 5 rings (SSSR count). The minimum Gasteiger partial charge on any atom is -0.373 e. The summed E-state index contributed by atoms with van der Waals surface area (Å²) in [4.78, 5) is 32.0. The van der Waals surface area contributed by atoms with Gasteiger partial charge in [0.05, 0.1) is 30.5 Å². The molecular weight excluding hydrogens is 437 g/mol. The van der Waals surface area contributed by atoms with E-state index < -0.39 is 17.9 Å². The van der Waals surface area contributed by atoms with E-state index in [0.717, 1.165) is 18.9 Å². The van der Waals surface area contributed by atoms with E-state index in [2.05, 4.69) is 10.3 Å². The predicted molar refractivity (Wildman–Crippen MR) is 112 cm³/mol. The smallest absolute Gasteiger partial charge is 0.373 e. The van der Waals surface area contributed by atoms with Crippen LogP contribution >= 0.6 is 0 Å². The van der Waals surface area contributed by atoms with Crippen molar-refractivity contribution >= 4 is 11.8 Å². The highest BCUT2D eigenvalue weighted by Crippen LogP contribution is 2.35. The minimum absolute atomic E-state index is 0.0858. The van der Waals surface area contributed by atoms with Gasteiger partial charge in [0.2, 0.25) is 0 Å². The van der Waals surface area contributed by atoms with Crippen molar-refractivity contribution < 1.29 is 27.5 Å². The first-order valence-corrected chi connectivity index (χ1v) is 11.2. The number of ether oxygens (including phenoxy) is 1. The largest absolute Gasteiger partial charge is 0.433 e. The third-order valence-corrected chi connectivity index (χ3v) is 6.83. The fraction of sp³-hybridized carbons (Fsp3) is 0.522. The number of halogens is 3. The van der Waals surface area contributed by atoms with Crippen molar-refractivity contribution in [2.24, 2.45) is 0 Å². The summed E-state index contributed by atoms with van der Waals surface area (Å²) < 4.78 is 46.3. The number of amides is 2. The number of alkyl halides is 3. The average Bonchev–Trinajstić information content (AvgIpc) is 3.49. The molecule has 2 atom stereocenters. The number of nitrogens with one attached hydrogen (secondary N) is 1. The molecular formula is C23H25F3N4O3. The van der Waals surface area contributed by atoms with Gasteiger partial charge in [-0.1, -0.05) is 6.07 Å². The Labute approximate surface area is 188 Å². The van der Waals surface area contributed by atoms with Crippen molar-refractivity contribution in [3.8, 4) is 0 Å². The minimum atomic E-state index is -4.50. The Morgan fingerprint density at radius 2 is 2.03 bits per heavy atom. The van der Waals surface area contributed by atoms with Crippen LogP contribution in [-0.4, -0.2) is 45.5 Å². The van der Waals surface area contributed by atoms with E-state index in [-0.39, 0.29) is 24.5 Å². The quantitative estimate of drug-likeness (QED) is 0.758. The summed E-state index contributed by atoms with van der Waals surface area (Å²) >= 11 is 0. The molecule has 1 aliphatic carbocycles. The van der Waals surface area contributed by atoms with Crippen molar-refractivity contribution in [2.75, 3.05) is 13.2 Å². The summed E-state index contributed by atoms with van der Waals surface area (Å²) in [5.74, 6) is -0.451. The molecule has 0 bridgehead atoms. The second-order valence-electron chi connectivity index (χ2n) is 8.88. The first-order valence-electron chi connectivity index (χ1n) is 11.2. The zero-order valence-electron chi connectivity index (χ0n) is 18.2. The van der Waals surface area contributed by atoms with E-state index in [0.29, 0.717) is 60.7 Å². The van der Waals surface area contributed by atoms with Gasteiger partial charge in [0.15, 0.2) is 0 Å². The summed E-state index contributed by atoms with van der Waals surface area (Å²) in [7, 11) is 0. The Hall–Kier alpha value is -2.88. The van der Waals surface area contributed by atoms with Crippen LogP contribution < -0.4 is 5.32 Å². The molecule has 7 nitrogen and oxygen atoms in total. The third kappa shape index (κ3) is 3.90. The number of aryl methyl sites for hydroxylation is 1. The lowest BCUT2D eigenvalue weighted by Gasteiger charge is -2.24. The van der Waals surface area contributed by atoms with Gasteiger partial charge in [0.1, 0.15) is 11.4 Å². The maximum atomic E-state index is 13.2. The highest BCUT2D eigenvalue weighted by molar-refractivity contribution is 6.01. The Morgan fingerprint density at radius 3 is 2.76 bits per heavy atom. The van der Waals surface area contributed by atoms with Gasteiger partial charge in [-0.15, -0.1) is 0 Å². The summed E-state index contributed by atoms with van der Waals surface area (Å²) in [5.41, 5.74) is 1.54. The highest BCUT2D eigenvalue weighted by Gasteiger charge is 2.36. The van der Waals surface area contributed by atoms with Crippen LogP contribution in [0.25, 0.3) is 0 Å². The molecule has 33 heavy (non-hydrogen) atoms. The van der Waals surface area contributed by atoms with E-state index in [1.165, 1.54) is 6.07 Å². The molecule has 10 heteroatoms. The second-order valence-corrected chi connectivity index (χ2v) is 8.88. The first kappa shape index (κ1) is 21.9. The number of aromatic nitrogens is 2. The predicted octanol–water partition coefficient (Wildman–Crippen LogP) is 3.47. The van der Waals surface area contributed by atoms with Gasteiger partial charge >= 0.3 is 6.18 Å². The summed E-state index contributed by atoms with van der Waals surface area (Å²) in [5, 5.41) is 2.94. The molecule has 1 saturated heterocycles. The molecule has 0 saturated carbocycles. The number of carbonyl (C=O) groups is 2. The van der Waals surface area contributed by atoms with E-state index >= 15 is 0 Å². The molecule has 4 heterocycles. The third-order valence-electron chi connectivity index (χ3n) is 6.83. The van der Waals surface area contributed by atoms with Crippen LogP contribution in [0.2, 0.25) is 0 Å². The van der Waals surface area contributed by atoms with E-state index in [1.807, 2.05) is 16.4 Å².